The van der Waals surface area contributed by atoms with Crippen molar-refractivity contribution in [3.63, 3.8) is 0 Å². The Morgan fingerprint density at radius 2 is 2.26 bits per heavy atom. The molecular formula is C14H24ClN3O. The van der Waals surface area contributed by atoms with Crippen LogP contribution in [0.4, 0.5) is 0 Å². The summed E-state index contributed by atoms with van der Waals surface area (Å²) in [7, 11) is 3.94. The quantitative estimate of drug-likeness (QED) is 0.924. The van der Waals surface area contributed by atoms with Crippen molar-refractivity contribution in [1.29, 1.82) is 0 Å². The number of aryl methyl sites for hydroxylation is 2. The molecule has 2 atom stereocenters. The molecule has 0 amide bonds. The summed E-state index contributed by atoms with van der Waals surface area (Å²) in [6.07, 6.45) is 4.32. The number of halogens is 1. The molecule has 108 valence electrons. The van der Waals surface area contributed by atoms with Crippen LogP contribution in [0.3, 0.4) is 0 Å². The van der Waals surface area contributed by atoms with Crippen LogP contribution in [-0.4, -0.2) is 35.1 Å². The average molecular weight is 286 g/mol. The fourth-order valence-corrected chi connectivity index (χ4v) is 3.19. The third kappa shape index (κ3) is 2.96. The van der Waals surface area contributed by atoms with Crippen molar-refractivity contribution in [1.82, 2.24) is 15.1 Å². The molecule has 0 bridgehead atoms. The highest BCUT2D eigenvalue weighted by molar-refractivity contribution is 6.31. The zero-order chi connectivity index (χ0) is 14.0. The van der Waals surface area contributed by atoms with E-state index in [1.807, 2.05) is 25.7 Å². The zero-order valence-corrected chi connectivity index (χ0v) is 13.0. The molecule has 0 aliphatic carbocycles. The molecule has 4 nitrogen and oxygen atoms in total. The molecule has 1 saturated heterocycles. The first-order chi connectivity index (χ1) is 8.98. The Bertz CT molecular complexity index is 438. The summed E-state index contributed by atoms with van der Waals surface area (Å²) in [5, 5.41) is 8.56. The summed E-state index contributed by atoms with van der Waals surface area (Å²) >= 11 is 6.35. The van der Waals surface area contributed by atoms with E-state index in [1.54, 1.807) is 0 Å². The van der Waals surface area contributed by atoms with E-state index >= 15 is 0 Å². The SMILES string of the molecule is CNC(Cc1c(Cl)c(C)nn1C)C1(C)CCCCO1. The molecule has 0 saturated carbocycles. The first kappa shape index (κ1) is 14.8. The fraction of sp³-hybridized carbons (Fsp3) is 0.786. The number of likely N-dealkylation sites (N-methyl/N-ethyl adjacent to an activating group) is 1. The van der Waals surface area contributed by atoms with Crippen LogP contribution >= 0.6 is 11.6 Å². The first-order valence-electron chi connectivity index (χ1n) is 6.97. The average Bonchev–Trinajstić information content (AvgIpc) is 2.62. The molecule has 0 aromatic carbocycles. The van der Waals surface area contributed by atoms with Crippen LogP contribution in [-0.2, 0) is 18.2 Å². The van der Waals surface area contributed by atoms with Crippen LogP contribution in [0.2, 0.25) is 5.02 Å². The summed E-state index contributed by atoms with van der Waals surface area (Å²) in [5.41, 5.74) is 1.85. The van der Waals surface area contributed by atoms with Gasteiger partial charge in [0, 0.05) is 26.1 Å². The van der Waals surface area contributed by atoms with Gasteiger partial charge in [-0.2, -0.15) is 5.10 Å². The molecule has 0 radical (unpaired) electrons. The lowest BCUT2D eigenvalue weighted by Crippen LogP contribution is -2.52. The van der Waals surface area contributed by atoms with Gasteiger partial charge in [0.25, 0.3) is 0 Å². The maximum absolute atomic E-state index is 6.35. The highest BCUT2D eigenvalue weighted by Gasteiger charge is 2.37. The molecule has 1 aliphatic heterocycles. The molecule has 2 rings (SSSR count). The van der Waals surface area contributed by atoms with Gasteiger partial charge in [-0.25, -0.2) is 0 Å². The van der Waals surface area contributed by atoms with Crippen molar-refractivity contribution >= 4 is 11.6 Å². The number of hydrogen-bond donors (Lipinski definition) is 1. The lowest BCUT2D eigenvalue weighted by Gasteiger charge is -2.40. The molecule has 1 fully saturated rings. The van der Waals surface area contributed by atoms with Crippen molar-refractivity contribution < 1.29 is 4.74 Å². The van der Waals surface area contributed by atoms with Crippen LogP contribution in [0.15, 0.2) is 0 Å². The Balaban J connectivity index is 2.18. The van der Waals surface area contributed by atoms with Crippen molar-refractivity contribution in [3.8, 4) is 0 Å². The molecule has 5 heteroatoms. The van der Waals surface area contributed by atoms with Gasteiger partial charge in [0.2, 0.25) is 0 Å². The van der Waals surface area contributed by atoms with Gasteiger partial charge in [-0.05, 0) is 40.2 Å². The van der Waals surface area contributed by atoms with Crippen LogP contribution < -0.4 is 5.32 Å². The van der Waals surface area contributed by atoms with E-state index in [2.05, 4.69) is 17.3 Å². The third-order valence-corrected chi connectivity index (χ3v) is 4.74. The second-order valence-corrected chi connectivity index (χ2v) is 6.01. The number of nitrogens with one attached hydrogen (secondary N) is 1. The van der Waals surface area contributed by atoms with Gasteiger partial charge in [-0.3, -0.25) is 4.68 Å². The molecule has 1 aromatic rings. The molecule has 1 N–H and O–H groups in total. The fourth-order valence-electron chi connectivity index (χ4n) is 2.95. The molecule has 19 heavy (non-hydrogen) atoms. The van der Waals surface area contributed by atoms with Gasteiger partial charge in [0.1, 0.15) is 0 Å². The summed E-state index contributed by atoms with van der Waals surface area (Å²) in [6.45, 7) is 5.00. The van der Waals surface area contributed by atoms with E-state index in [4.69, 9.17) is 16.3 Å². The molecule has 1 aromatic heterocycles. The smallest absolute Gasteiger partial charge is 0.0847 e. The normalized spacial score (nSPS) is 25.5. The van der Waals surface area contributed by atoms with E-state index in [0.717, 1.165) is 42.3 Å². The van der Waals surface area contributed by atoms with Gasteiger partial charge < -0.3 is 10.1 Å². The van der Waals surface area contributed by atoms with E-state index in [1.165, 1.54) is 6.42 Å². The molecular weight excluding hydrogens is 262 g/mol. The standard InChI is InChI=1S/C14H24ClN3O/c1-10-13(15)11(18(4)17-10)9-12(16-3)14(2)7-5-6-8-19-14/h12,16H,5-9H2,1-4H3. The minimum absolute atomic E-state index is 0.117. The van der Waals surface area contributed by atoms with Gasteiger partial charge in [0.15, 0.2) is 0 Å². The predicted octanol–water partition coefficient (Wildman–Crippen LogP) is 2.47. The Labute approximate surface area is 120 Å². The first-order valence-corrected chi connectivity index (χ1v) is 7.35. The molecule has 1 aliphatic rings. The van der Waals surface area contributed by atoms with E-state index in [0.29, 0.717) is 0 Å². The van der Waals surface area contributed by atoms with Crippen molar-refractivity contribution in [2.45, 2.75) is 51.2 Å². The highest BCUT2D eigenvalue weighted by atomic mass is 35.5. The Morgan fingerprint density at radius 3 is 2.74 bits per heavy atom. The van der Waals surface area contributed by atoms with Gasteiger partial charge >= 0.3 is 0 Å². The number of nitrogens with zero attached hydrogens (tertiary/aromatic N) is 2. The van der Waals surface area contributed by atoms with E-state index in [9.17, 15) is 0 Å². The second-order valence-electron chi connectivity index (χ2n) is 5.63. The number of aromatic nitrogens is 2. The lowest BCUT2D eigenvalue weighted by molar-refractivity contribution is -0.0873. The monoisotopic (exact) mass is 285 g/mol. The molecule has 2 heterocycles. The topological polar surface area (TPSA) is 39.1 Å². The predicted molar refractivity (Wildman–Crippen MR) is 77.7 cm³/mol. The van der Waals surface area contributed by atoms with Crippen LogP contribution in [0, 0.1) is 6.92 Å². The zero-order valence-electron chi connectivity index (χ0n) is 12.3. The third-order valence-electron chi connectivity index (χ3n) is 4.24. The highest BCUT2D eigenvalue weighted by Crippen LogP contribution is 2.31. The van der Waals surface area contributed by atoms with Crippen LogP contribution in [0.1, 0.15) is 37.6 Å². The Kier molecular flexibility index (Phi) is 4.54. The minimum Gasteiger partial charge on any atom is -0.374 e. The molecule has 2 unspecified atom stereocenters. The van der Waals surface area contributed by atoms with E-state index < -0.39 is 0 Å². The number of hydrogen-bond acceptors (Lipinski definition) is 3. The van der Waals surface area contributed by atoms with Gasteiger partial charge in [-0.15, -0.1) is 0 Å². The summed E-state index contributed by atoms with van der Waals surface area (Å²) < 4.78 is 7.93. The summed E-state index contributed by atoms with van der Waals surface area (Å²) in [6, 6.07) is 0.250. The largest absolute Gasteiger partial charge is 0.374 e. The Morgan fingerprint density at radius 1 is 1.53 bits per heavy atom. The summed E-state index contributed by atoms with van der Waals surface area (Å²) in [4.78, 5) is 0. The van der Waals surface area contributed by atoms with Crippen LogP contribution in [0.5, 0.6) is 0 Å². The maximum Gasteiger partial charge on any atom is 0.0847 e. The minimum atomic E-state index is -0.117. The Hall–Kier alpha value is -0.580. The second kappa shape index (κ2) is 5.81. The van der Waals surface area contributed by atoms with Gasteiger partial charge in [0.05, 0.1) is 22.0 Å². The van der Waals surface area contributed by atoms with Crippen molar-refractivity contribution in [2.75, 3.05) is 13.7 Å². The van der Waals surface area contributed by atoms with E-state index in [-0.39, 0.29) is 11.6 Å². The van der Waals surface area contributed by atoms with Gasteiger partial charge in [-0.1, -0.05) is 11.6 Å². The molecule has 0 spiro atoms. The number of rotatable bonds is 4. The number of ether oxygens (including phenoxy) is 1. The van der Waals surface area contributed by atoms with Crippen molar-refractivity contribution in [2.24, 2.45) is 7.05 Å². The lowest BCUT2D eigenvalue weighted by atomic mass is 9.85. The maximum atomic E-state index is 6.35. The van der Waals surface area contributed by atoms with Crippen LogP contribution in [0.25, 0.3) is 0 Å². The summed E-state index contributed by atoms with van der Waals surface area (Å²) in [5.74, 6) is 0. The van der Waals surface area contributed by atoms with Crippen molar-refractivity contribution in [3.05, 3.63) is 16.4 Å².